The van der Waals surface area contributed by atoms with Gasteiger partial charge in [-0.2, -0.15) is 5.26 Å². The average molecular weight is 232 g/mol. The highest BCUT2D eigenvalue weighted by Crippen LogP contribution is 2.21. The third-order valence-electron chi connectivity index (χ3n) is 2.87. The van der Waals surface area contributed by atoms with Gasteiger partial charge in [0, 0.05) is 18.8 Å². The van der Waals surface area contributed by atoms with Gasteiger partial charge in [0.15, 0.2) is 0 Å². The zero-order valence-electron chi connectivity index (χ0n) is 9.81. The number of rotatable bonds is 2. The highest BCUT2D eigenvalue weighted by molar-refractivity contribution is 5.63. The van der Waals surface area contributed by atoms with Gasteiger partial charge >= 0.3 is 0 Å². The zero-order chi connectivity index (χ0) is 12.3. The van der Waals surface area contributed by atoms with Crippen LogP contribution in [0.5, 0.6) is 0 Å². The Morgan fingerprint density at radius 2 is 2.47 bits per heavy atom. The Labute approximate surface area is 101 Å². The Hall–Kier alpha value is -1.80. The van der Waals surface area contributed by atoms with Gasteiger partial charge in [-0.1, -0.05) is 0 Å². The van der Waals surface area contributed by atoms with E-state index in [4.69, 9.17) is 15.7 Å². The molecule has 1 aromatic heterocycles. The summed E-state index contributed by atoms with van der Waals surface area (Å²) < 4.78 is 5.48. The lowest BCUT2D eigenvalue weighted by Crippen LogP contribution is -2.33. The number of nitrogens with one attached hydrogen (secondary N) is 1. The van der Waals surface area contributed by atoms with Crippen LogP contribution in [0.25, 0.3) is 0 Å². The standard InChI is InChI=1S/C12H16N4O/c1-8-4-10(2-3-17-8)16-12-11(14)5-9(6-13)7-15-12/h5,7-8,10H,2-4,14H2,1H3,(H,15,16). The molecule has 0 aromatic carbocycles. The van der Waals surface area contributed by atoms with Crippen molar-refractivity contribution in [2.45, 2.75) is 31.9 Å². The van der Waals surface area contributed by atoms with Crippen LogP contribution in [0.4, 0.5) is 11.5 Å². The molecule has 1 aliphatic rings. The minimum atomic E-state index is 0.265. The predicted octanol–water partition coefficient (Wildman–Crippen LogP) is 1.51. The molecule has 1 aromatic rings. The van der Waals surface area contributed by atoms with Crippen LogP contribution in [0.15, 0.2) is 12.3 Å². The van der Waals surface area contributed by atoms with Crippen LogP contribution < -0.4 is 11.1 Å². The van der Waals surface area contributed by atoms with E-state index >= 15 is 0 Å². The minimum Gasteiger partial charge on any atom is -0.396 e. The van der Waals surface area contributed by atoms with Gasteiger partial charge in [-0.3, -0.25) is 0 Å². The van der Waals surface area contributed by atoms with Gasteiger partial charge in [-0.25, -0.2) is 4.98 Å². The third-order valence-corrected chi connectivity index (χ3v) is 2.87. The van der Waals surface area contributed by atoms with Crippen LogP contribution in [-0.2, 0) is 4.74 Å². The summed E-state index contributed by atoms with van der Waals surface area (Å²) in [5, 5.41) is 12.0. The van der Waals surface area contributed by atoms with Gasteiger partial charge in [-0.05, 0) is 25.8 Å². The molecule has 5 nitrogen and oxygen atoms in total. The Balaban J connectivity index is 2.06. The number of hydrogen-bond donors (Lipinski definition) is 2. The molecule has 1 saturated heterocycles. The SMILES string of the molecule is CC1CC(Nc2ncc(C#N)cc2N)CCO1. The van der Waals surface area contributed by atoms with E-state index in [2.05, 4.69) is 17.2 Å². The Morgan fingerprint density at radius 3 is 3.12 bits per heavy atom. The normalized spacial score (nSPS) is 24.0. The molecule has 3 N–H and O–H groups in total. The van der Waals surface area contributed by atoms with E-state index in [0.29, 0.717) is 23.1 Å². The lowest BCUT2D eigenvalue weighted by atomic mass is 10.0. The average Bonchev–Trinajstić information content (AvgIpc) is 2.32. The van der Waals surface area contributed by atoms with Crippen molar-refractivity contribution in [3.63, 3.8) is 0 Å². The molecule has 0 bridgehead atoms. The van der Waals surface area contributed by atoms with Crippen LogP contribution in [-0.4, -0.2) is 23.7 Å². The van der Waals surface area contributed by atoms with Crippen LogP contribution in [0, 0.1) is 11.3 Å². The second kappa shape index (κ2) is 5.02. The number of nitrogens with zero attached hydrogens (tertiary/aromatic N) is 2. The second-order valence-corrected chi connectivity index (χ2v) is 4.32. The summed E-state index contributed by atoms with van der Waals surface area (Å²) in [7, 11) is 0. The summed E-state index contributed by atoms with van der Waals surface area (Å²) in [6, 6.07) is 3.99. The molecule has 2 heterocycles. The van der Waals surface area contributed by atoms with E-state index in [9.17, 15) is 0 Å². The molecule has 1 fully saturated rings. The lowest BCUT2D eigenvalue weighted by molar-refractivity contribution is 0.0232. The van der Waals surface area contributed by atoms with Gasteiger partial charge in [0.25, 0.3) is 0 Å². The van der Waals surface area contributed by atoms with Crippen molar-refractivity contribution in [3.8, 4) is 6.07 Å². The van der Waals surface area contributed by atoms with E-state index in [1.54, 1.807) is 6.07 Å². The van der Waals surface area contributed by atoms with E-state index in [0.717, 1.165) is 19.4 Å². The van der Waals surface area contributed by atoms with Crippen LogP contribution >= 0.6 is 0 Å². The molecule has 0 aliphatic carbocycles. The van der Waals surface area contributed by atoms with Gasteiger partial charge in [0.2, 0.25) is 0 Å². The molecular formula is C12H16N4O. The van der Waals surface area contributed by atoms with Crippen LogP contribution in [0.1, 0.15) is 25.3 Å². The smallest absolute Gasteiger partial charge is 0.149 e. The maximum absolute atomic E-state index is 8.73. The van der Waals surface area contributed by atoms with Crippen molar-refractivity contribution >= 4 is 11.5 Å². The molecule has 2 unspecified atom stereocenters. The third kappa shape index (κ3) is 2.86. The molecule has 2 rings (SSSR count). The largest absolute Gasteiger partial charge is 0.396 e. The molecule has 90 valence electrons. The zero-order valence-corrected chi connectivity index (χ0v) is 9.81. The van der Waals surface area contributed by atoms with Gasteiger partial charge in [0.05, 0.1) is 17.4 Å². The molecule has 1 aliphatic heterocycles. The maximum atomic E-state index is 8.73. The molecule has 17 heavy (non-hydrogen) atoms. The monoisotopic (exact) mass is 232 g/mol. The van der Waals surface area contributed by atoms with Crippen molar-refractivity contribution in [1.82, 2.24) is 4.98 Å². The van der Waals surface area contributed by atoms with E-state index < -0.39 is 0 Å². The van der Waals surface area contributed by atoms with Gasteiger partial charge in [0.1, 0.15) is 11.9 Å². The van der Waals surface area contributed by atoms with Gasteiger partial charge in [-0.15, -0.1) is 0 Å². The van der Waals surface area contributed by atoms with Crippen molar-refractivity contribution in [2.24, 2.45) is 0 Å². The highest BCUT2D eigenvalue weighted by atomic mass is 16.5. The number of nitriles is 1. The van der Waals surface area contributed by atoms with E-state index in [-0.39, 0.29) is 6.10 Å². The molecule has 0 radical (unpaired) electrons. The summed E-state index contributed by atoms with van der Waals surface area (Å²) in [6.45, 7) is 2.82. The number of pyridine rings is 1. The number of nitrogens with two attached hydrogens (primary N) is 1. The summed E-state index contributed by atoms with van der Waals surface area (Å²) in [6.07, 6.45) is 3.69. The minimum absolute atomic E-state index is 0.265. The van der Waals surface area contributed by atoms with Gasteiger partial charge < -0.3 is 15.8 Å². The maximum Gasteiger partial charge on any atom is 0.149 e. The second-order valence-electron chi connectivity index (χ2n) is 4.32. The fourth-order valence-electron chi connectivity index (χ4n) is 1.99. The predicted molar refractivity (Wildman–Crippen MR) is 65.4 cm³/mol. The first-order valence-corrected chi connectivity index (χ1v) is 5.73. The van der Waals surface area contributed by atoms with E-state index in [1.807, 2.05) is 6.07 Å². The number of anilines is 2. The molecule has 2 atom stereocenters. The first kappa shape index (κ1) is 11.7. The molecule has 0 spiro atoms. The fraction of sp³-hybridized carbons (Fsp3) is 0.500. The van der Waals surface area contributed by atoms with E-state index in [1.165, 1.54) is 6.20 Å². The number of aromatic nitrogens is 1. The van der Waals surface area contributed by atoms with Crippen molar-refractivity contribution in [2.75, 3.05) is 17.7 Å². The Kier molecular flexibility index (Phi) is 3.45. The summed E-state index contributed by atoms with van der Waals surface area (Å²) >= 11 is 0. The molecule has 0 saturated carbocycles. The first-order chi connectivity index (χ1) is 8.19. The highest BCUT2D eigenvalue weighted by Gasteiger charge is 2.20. The molecule has 0 amide bonds. The Morgan fingerprint density at radius 1 is 1.65 bits per heavy atom. The van der Waals surface area contributed by atoms with Crippen LogP contribution in [0.2, 0.25) is 0 Å². The Bertz CT molecular complexity index is 441. The summed E-state index contributed by atoms with van der Waals surface area (Å²) in [5.74, 6) is 0.656. The summed E-state index contributed by atoms with van der Waals surface area (Å²) in [4.78, 5) is 4.17. The number of nitrogen functional groups attached to an aromatic ring is 1. The molecular weight excluding hydrogens is 216 g/mol. The van der Waals surface area contributed by atoms with Crippen molar-refractivity contribution < 1.29 is 4.74 Å². The first-order valence-electron chi connectivity index (χ1n) is 5.73. The lowest BCUT2D eigenvalue weighted by Gasteiger charge is -2.28. The number of hydrogen-bond acceptors (Lipinski definition) is 5. The number of ether oxygens (including phenoxy) is 1. The van der Waals surface area contributed by atoms with Crippen LogP contribution in [0.3, 0.4) is 0 Å². The topological polar surface area (TPSA) is 84.0 Å². The van der Waals surface area contributed by atoms with Crippen molar-refractivity contribution in [3.05, 3.63) is 17.8 Å². The van der Waals surface area contributed by atoms with Crippen molar-refractivity contribution in [1.29, 1.82) is 5.26 Å². The summed E-state index contributed by atoms with van der Waals surface area (Å²) in [5.41, 5.74) is 6.84. The quantitative estimate of drug-likeness (QED) is 0.807. The fourth-order valence-corrected chi connectivity index (χ4v) is 1.99. The molecule has 5 heteroatoms.